The summed E-state index contributed by atoms with van der Waals surface area (Å²) in [4.78, 5) is 15.8. The first kappa shape index (κ1) is 13.6. The summed E-state index contributed by atoms with van der Waals surface area (Å²) >= 11 is 0. The van der Waals surface area contributed by atoms with Crippen LogP contribution < -0.4 is 10.1 Å². The van der Waals surface area contributed by atoms with Crippen LogP contribution in [0.4, 0.5) is 0 Å². The van der Waals surface area contributed by atoms with Gasteiger partial charge in [-0.3, -0.25) is 9.78 Å². The molecule has 21 heavy (non-hydrogen) atoms. The Morgan fingerprint density at radius 3 is 3.14 bits per heavy atom. The monoisotopic (exact) mass is 284 g/mol. The van der Waals surface area contributed by atoms with Crippen LogP contribution in [0.5, 0.6) is 5.75 Å². The van der Waals surface area contributed by atoms with Crippen molar-refractivity contribution in [2.24, 2.45) is 0 Å². The molecule has 0 radical (unpaired) electrons. The maximum Gasteiger partial charge on any atom is 0.252 e. The molecule has 2 N–H and O–H groups in total. The van der Waals surface area contributed by atoms with Gasteiger partial charge in [0.1, 0.15) is 5.75 Å². The van der Waals surface area contributed by atoms with Crippen molar-refractivity contribution in [3.05, 3.63) is 59.4 Å². The van der Waals surface area contributed by atoms with Crippen molar-refractivity contribution in [1.82, 2.24) is 10.3 Å². The number of carbonyl (C=O) groups is 1. The van der Waals surface area contributed by atoms with E-state index in [0.29, 0.717) is 12.2 Å². The second-order valence-corrected chi connectivity index (χ2v) is 4.93. The van der Waals surface area contributed by atoms with Crippen LogP contribution in [0.1, 0.15) is 27.6 Å². The number of benzene rings is 1. The SMILES string of the molecule is O=C(NCC(O)c1ccc2c(c1)CCO2)c1cccnc1. The van der Waals surface area contributed by atoms with Crippen LogP contribution in [-0.4, -0.2) is 29.1 Å². The van der Waals surface area contributed by atoms with E-state index >= 15 is 0 Å². The highest BCUT2D eigenvalue weighted by Gasteiger charge is 2.16. The molecule has 108 valence electrons. The molecule has 0 bridgehead atoms. The molecule has 1 unspecified atom stereocenters. The van der Waals surface area contributed by atoms with Crippen LogP contribution in [0, 0.1) is 0 Å². The molecule has 1 aromatic heterocycles. The molecule has 1 atom stereocenters. The minimum atomic E-state index is -0.739. The number of aliphatic hydroxyl groups is 1. The zero-order valence-electron chi connectivity index (χ0n) is 11.5. The van der Waals surface area contributed by atoms with Crippen molar-refractivity contribution in [2.45, 2.75) is 12.5 Å². The normalized spacial score (nSPS) is 14.1. The van der Waals surface area contributed by atoms with Crippen molar-refractivity contribution < 1.29 is 14.6 Å². The highest BCUT2D eigenvalue weighted by molar-refractivity contribution is 5.93. The van der Waals surface area contributed by atoms with Gasteiger partial charge in [-0.25, -0.2) is 0 Å². The fourth-order valence-electron chi connectivity index (χ4n) is 2.32. The van der Waals surface area contributed by atoms with Crippen molar-refractivity contribution in [1.29, 1.82) is 0 Å². The highest BCUT2D eigenvalue weighted by atomic mass is 16.5. The number of pyridine rings is 1. The maximum absolute atomic E-state index is 11.9. The molecular formula is C16H16N2O3. The quantitative estimate of drug-likeness (QED) is 0.892. The first-order chi connectivity index (χ1) is 10.2. The predicted octanol–water partition coefficient (Wildman–Crippen LogP) is 1.48. The first-order valence-electron chi connectivity index (χ1n) is 6.86. The van der Waals surface area contributed by atoms with Gasteiger partial charge in [-0.1, -0.05) is 6.07 Å². The average Bonchev–Trinajstić information content (AvgIpc) is 3.00. The molecule has 3 rings (SSSR count). The fourth-order valence-corrected chi connectivity index (χ4v) is 2.32. The molecule has 0 fully saturated rings. The van der Waals surface area contributed by atoms with Gasteiger partial charge in [-0.15, -0.1) is 0 Å². The Labute approximate surface area is 122 Å². The van der Waals surface area contributed by atoms with E-state index in [0.717, 1.165) is 23.3 Å². The smallest absolute Gasteiger partial charge is 0.252 e. The van der Waals surface area contributed by atoms with Crippen molar-refractivity contribution in [3.8, 4) is 5.75 Å². The molecular weight excluding hydrogens is 268 g/mol. The molecule has 2 aromatic rings. The van der Waals surface area contributed by atoms with Gasteiger partial charge in [0, 0.05) is 25.4 Å². The van der Waals surface area contributed by atoms with E-state index in [-0.39, 0.29) is 12.5 Å². The van der Waals surface area contributed by atoms with E-state index in [9.17, 15) is 9.90 Å². The van der Waals surface area contributed by atoms with Crippen LogP contribution in [0.2, 0.25) is 0 Å². The number of ether oxygens (including phenoxy) is 1. The van der Waals surface area contributed by atoms with Gasteiger partial charge in [0.25, 0.3) is 5.91 Å². The average molecular weight is 284 g/mol. The highest BCUT2D eigenvalue weighted by Crippen LogP contribution is 2.27. The number of carbonyl (C=O) groups excluding carboxylic acids is 1. The molecule has 0 saturated heterocycles. The predicted molar refractivity (Wildman–Crippen MR) is 77.2 cm³/mol. The summed E-state index contributed by atoms with van der Waals surface area (Å²) in [5, 5.41) is 12.9. The van der Waals surface area contributed by atoms with Gasteiger partial charge in [-0.05, 0) is 35.4 Å². The van der Waals surface area contributed by atoms with Gasteiger partial charge in [0.2, 0.25) is 0 Å². The number of amides is 1. The number of hydrogen-bond donors (Lipinski definition) is 2. The van der Waals surface area contributed by atoms with Crippen LogP contribution in [0.15, 0.2) is 42.7 Å². The van der Waals surface area contributed by atoms with Gasteiger partial charge in [0.05, 0.1) is 18.3 Å². The van der Waals surface area contributed by atoms with E-state index in [4.69, 9.17) is 4.74 Å². The number of aromatic nitrogens is 1. The summed E-state index contributed by atoms with van der Waals surface area (Å²) in [6.07, 6.45) is 3.22. The van der Waals surface area contributed by atoms with E-state index in [1.165, 1.54) is 6.20 Å². The summed E-state index contributed by atoms with van der Waals surface area (Å²) < 4.78 is 5.43. The summed E-state index contributed by atoms with van der Waals surface area (Å²) in [6.45, 7) is 0.847. The molecule has 0 aliphatic carbocycles. The second-order valence-electron chi connectivity index (χ2n) is 4.93. The summed E-state index contributed by atoms with van der Waals surface area (Å²) in [5.74, 6) is 0.636. The molecule has 1 aliphatic heterocycles. The summed E-state index contributed by atoms with van der Waals surface area (Å²) in [7, 11) is 0. The Hall–Kier alpha value is -2.40. The lowest BCUT2D eigenvalue weighted by Gasteiger charge is -2.13. The van der Waals surface area contributed by atoms with Crippen LogP contribution in [0.25, 0.3) is 0 Å². The van der Waals surface area contributed by atoms with Gasteiger partial charge in [-0.2, -0.15) is 0 Å². The Morgan fingerprint density at radius 2 is 2.33 bits per heavy atom. The van der Waals surface area contributed by atoms with Crippen LogP contribution in [0.3, 0.4) is 0 Å². The third kappa shape index (κ3) is 3.03. The third-order valence-corrected chi connectivity index (χ3v) is 3.48. The van der Waals surface area contributed by atoms with E-state index < -0.39 is 6.10 Å². The van der Waals surface area contributed by atoms with E-state index in [1.54, 1.807) is 18.3 Å². The minimum absolute atomic E-state index is 0.160. The number of rotatable bonds is 4. The number of nitrogens with zero attached hydrogens (tertiary/aromatic N) is 1. The molecule has 1 amide bonds. The zero-order valence-corrected chi connectivity index (χ0v) is 11.5. The summed E-state index contributed by atoms with van der Waals surface area (Å²) in [6, 6.07) is 9.01. The van der Waals surface area contributed by atoms with Gasteiger partial charge in [0.15, 0.2) is 0 Å². The van der Waals surface area contributed by atoms with Crippen LogP contribution >= 0.6 is 0 Å². The molecule has 0 spiro atoms. The topological polar surface area (TPSA) is 71.5 Å². The Bertz CT molecular complexity index is 643. The van der Waals surface area contributed by atoms with Crippen molar-refractivity contribution >= 4 is 5.91 Å². The largest absolute Gasteiger partial charge is 0.493 e. The van der Waals surface area contributed by atoms with Crippen molar-refractivity contribution in [2.75, 3.05) is 13.2 Å². The molecule has 0 saturated carbocycles. The lowest BCUT2D eigenvalue weighted by molar-refractivity contribution is 0.0916. The number of aliphatic hydroxyl groups excluding tert-OH is 1. The lowest BCUT2D eigenvalue weighted by Crippen LogP contribution is -2.28. The maximum atomic E-state index is 11.9. The molecule has 5 nitrogen and oxygen atoms in total. The molecule has 5 heteroatoms. The first-order valence-corrected chi connectivity index (χ1v) is 6.86. The van der Waals surface area contributed by atoms with E-state index in [2.05, 4.69) is 10.3 Å². The number of fused-ring (bicyclic) bond motifs is 1. The minimum Gasteiger partial charge on any atom is -0.493 e. The summed E-state index contributed by atoms with van der Waals surface area (Å²) in [5.41, 5.74) is 2.36. The molecule has 1 aliphatic rings. The van der Waals surface area contributed by atoms with Gasteiger partial charge < -0.3 is 15.2 Å². The van der Waals surface area contributed by atoms with Crippen LogP contribution in [-0.2, 0) is 6.42 Å². The Morgan fingerprint density at radius 1 is 1.43 bits per heavy atom. The van der Waals surface area contributed by atoms with Crippen molar-refractivity contribution in [3.63, 3.8) is 0 Å². The zero-order chi connectivity index (χ0) is 14.7. The second kappa shape index (κ2) is 5.93. The standard InChI is InChI=1S/C16H16N2O3/c19-14(10-18-16(20)13-2-1-6-17-9-13)11-3-4-15-12(8-11)5-7-21-15/h1-4,6,8-9,14,19H,5,7,10H2,(H,18,20). The molecule has 1 aromatic carbocycles. The fraction of sp³-hybridized carbons (Fsp3) is 0.250. The number of nitrogens with one attached hydrogen (secondary N) is 1. The van der Waals surface area contributed by atoms with E-state index in [1.807, 2.05) is 18.2 Å². The third-order valence-electron chi connectivity index (χ3n) is 3.48. The Balaban J connectivity index is 1.62. The molecule has 2 heterocycles. The Kier molecular flexibility index (Phi) is 3.83. The van der Waals surface area contributed by atoms with Gasteiger partial charge >= 0.3 is 0 Å². The number of hydrogen-bond acceptors (Lipinski definition) is 4. The lowest BCUT2D eigenvalue weighted by atomic mass is 10.0.